The lowest BCUT2D eigenvalue weighted by Crippen LogP contribution is -2.44. The molecule has 2 fully saturated rings. The summed E-state index contributed by atoms with van der Waals surface area (Å²) in [6.45, 7) is 4.13. The van der Waals surface area contributed by atoms with Crippen LogP contribution < -0.4 is 0 Å². The SMILES string of the molecule is OCCN(CC1CCOC1)C1CCC1. The third-order valence-corrected chi connectivity index (χ3v) is 3.50. The molecule has 82 valence electrons. The number of ether oxygens (including phenoxy) is 1. The minimum Gasteiger partial charge on any atom is -0.395 e. The number of aliphatic hydroxyl groups is 1. The van der Waals surface area contributed by atoms with Crippen LogP contribution in [0.3, 0.4) is 0 Å². The molecule has 14 heavy (non-hydrogen) atoms. The number of rotatable bonds is 5. The van der Waals surface area contributed by atoms with E-state index in [0.29, 0.717) is 12.5 Å². The fraction of sp³-hybridized carbons (Fsp3) is 1.00. The number of hydrogen-bond donors (Lipinski definition) is 1. The highest BCUT2D eigenvalue weighted by Crippen LogP contribution is 2.26. The molecule has 1 aliphatic carbocycles. The van der Waals surface area contributed by atoms with Crippen LogP contribution in [0.5, 0.6) is 0 Å². The number of hydrogen-bond acceptors (Lipinski definition) is 3. The molecule has 2 rings (SSSR count). The van der Waals surface area contributed by atoms with Crippen molar-refractivity contribution in [1.29, 1.82) is 0 Å². The molecule has 3 heteroatoms. The molecule has 1 unspecified atom stereocenters. The lowest BCUT2D eigenvalue weighted by Gasteiger charge is -2.38. The molecule has 1 saturated heterocycles. The van der Waals surface area contributed by atoms with E-state index >= 15 is 0 Å². The zero-order valence-electron chi connectivity index (χ0n) is 8.82. The highest BCUT2D eigenvalue weighted by molar-refractivity contribution is 4.82. The van der Waals surface area contributed by atoms with Gasteiger partial charge in [-0.2, -0.15) is 0 Å². The molecular weight excluding hydrogens is 178 g/mol. The van der Waals surface area contributed by atoms with Gasteiger partial charge in [0.1, 0.15) is 0 Å². The van der Waals surface area contributed by atoms with Crippen molar-refractivity contribution in [3.05, 3.63) is 0 Å². The second kappa shape index (κ2) is 5.10. The molecule has 1 atom stereocenters. The van der Waals surface area contributed by atoms with Gasteiger partial charge in [-0.15, -0.1) is 0 Å². The highest BCUT2D eigenvalue weighted by atomic mass is 16.5. The minimum absolute atomic E-state index is 0.296. The van der Waals surface area contributed by atoms with Gasteiger partial charge in [-0.1, -0.05) is 6.42 Å². The van der Waals surface area contributed by atoms with Crippen molar-refractivity contribution in [1.82, 2.24) is 4.90 Å². The van der Waals surface area contributed by atoms with E-state index in [9.17, 15) is 0 Å². The summed E-state index contributed by atoms with van der Waals surface area (Å²) in [6.07, 6.45) is 5.23. The first kappa shape index (κ1) is 10.4. The summed E-state index contributed by atoms with van der Waals surface area (Å²) in [7, 11) is 0. The summed E-state index contributed by atoms with van der Waals surface area (Å²) >= 11 is 0. The Kier molecular flexibility index (Phi) is 3.79. The zero-order valence-corrected chi connectivity index (χ0v) is 8.82. The maximum atomic E-state index is 9.01. The molecular formula is C11H21NO2. The van der Waals surface area contributed by atoms with E-state index in [-0.39, 0.29) is 0 Å². The van der Waals surface area contributed by atoms with Gasteiger partial charge in [0.25, 0.3) is 0 Å². The quantitative estimate of drug-likeness (QED) is 0.713. The van der Waals surface area contributed by atoms with E-state index in [1.165, 1.54) is 25.7 Å². The van der Waals surface area contributed by atoms with Crippen molar-refractivity contribution in [3.63, 3.8) is 0 Å². The van der Waals surface area contributed by atoms with Gasteiger partial charge in [-0.05, 0) is 25.2 Å². The third kappa shape index (κ3) is 2.47. The van der Waals surface area contributed by atoms with E-state index in [0.717, 1.165) is 32.3 Å². The standard InChI is InChI=1S/C11H21NO2/c13-6-5-12(11-2-1-3-11)8-10-4-7-14-9-10/h10-11,13H,1-9H2. The van der Waals surface area contributed by atoms with Crippen LogP contribution in [-0.2, 0) is 4.74 Å². The summed E-state index contributed by atoms with van der Waals surface area (Å²) < 4.78 is 5.38. The summed E-state index contributed by atoms with van der Waals surface area (Å²) in [4.78, 5) is 2.46. The van der Waals surface area contributed by atoms with Crippen LogP contribution in [0.4, 0.5) is 0 Å². The molecule has 0 amide bonds. The Bertz CT molecular complexity index is 165. The Morgan fingerprint density at radius 2 is 2.14 bits per heavy atom. The van der Waals surface area contributed by atoms with Gasteiger partial charge in [-0.25, -0.2) is 0 Å². The van der Waals surface area contributed by atoms with Crippen LogP contribution in [0.1, 0.15) is 25.7 Å². The molecule has 0 aromatic carbocycles. The van der Waals surface area contributed by atoms with Crippen molar-refractivity contribution in [2.45, 2.75) is 31.7 Å². The van der Waals surface area contributed by atoms with E-state index < -0.39 is 0 Å². The van der Waals surface area contributed by atoms with Crippen molar-refractivity contribution >= 4 is 0 Å². The molecule has 0 spiro atoms. The van der Waals surface area contributed by atoms with Crippen LogP contribution in [0.25, 0.3) is 0 Å². The first-order valence-corrected chi connectivity index (χ1v) is 5.83. The first-order valence-electron chi connectivity index (χ1n) is 5.83. The van der Waals surface area contributed by atoms with Gasteiger partial charge in [0.2, 0.25) is 0 Å². The van der Waals surface area contributed by atoms with E-state index in [2.05, 4.69) is 4.90 Å². The Morgan fingerprint density at radius 1 is 1.29 bits per heavy atom. The monoisotopic (exact) mass is 199 g/mol. The predicted molar refractivity (Wildman–Crippen MR) is 55.2 cm³/mol. The largest absolute Gasteiger partial charge is 0.395 e. The van der Waals surface area contributed by atoms with Gasteiger partial charge < -0.3 is 9.84 Å². The summed E-state index contributed by atoms with van der Waals surface area (Å²) in [5.41, 5.74) is 0. The molecule has 0 radical (unpaired) electrons. The van der Waals surface area contributed by atoms with E-state index in [4.69, 9.17) is 9.84 Å². The summed E-state index contributed by atoms with van der Waals surface area (Å²) in [6, 6.07) is 0.753. The van der Waals surface area contributed by atoms with Gasteiger partial charge in [0, 0.05) is 25.7 Å². The zero-order chi connectivity index (χ0) is 9.80. The fourth-order valence-corrected chi connectivity index (χ4v) is 2.36. The normalized spacial score (nSPS) is 28.3. The average Bonchev–Trinajstić information content (AvgIpc) is 2.54. The van der Waals surface area contributed by atoms with Crippen LogP contribution in [0.15, 0.2) is 0 Å². The van der Waals surface area contributed by atoms with Crippen LogP contribution in [0, 0.1) is 5.92 Å². The van der Waals surface area contributed by atoms with Gasteiger partial charge in [0.05, 0.1) is 13.2 Å². The van der Waals surface area contributed by atoms with Crippen molar-refractivity contribution in [3.8, 4) is 0 Å². The maximum absolute atomic E-state index is 9.01. The lowest BCUT2D eigenvalue weighted by atomic mass is 9.90. The summed E-state index contributed by atoms with van der Waals surface area (Å²) in [5, 5.41) is 9.01. The Morgan fingerprint density at radius 3 is 2.64 bits per heavy atom. The predicted octanol–water partition coefficient (Wildman–Crippen LogP) is 0.870. The fourth-order valence-electron chi connectivity index (χ4n) is 2.36. The Hall–Kier alpha value is -0.120. The molecule has 0 bridgehead atoms. The number of aliphatic hydroxyl groups excluding tert-OH is 1. The smallest absolute Gasteiger partial charge is 0.0558 e. The summed E-state index contributed by atoms with van der Waals surface area (Å²) in [5.74, 6) is 0.710. The van der Waals surface area contributed by atoms with E-state index in [1.807, 2.05) is 0 Å². The van der Waals surface area contributed by atoms with Gasteiger partial charge in [-0.3, -0.25) is 4.90 Å². The molecule has 0 aromatic heterocycles. The molecule has 1 heterocycles. The first-order chi connectivity index (χ1) is 6.90. The Balaban J connectivity index is 1.76. The average molecular weight is 199 g/mol. The van der Waals surface area contributed by atoms with Gasteiger partial charge in [0.15, 0.2) is 0 Å². The number of nitrogens with zero attached hydrogens (tertiary/aromatic N) is 1. The van der Waals surface area contributed by atoms with E-state index in [1.54, 1.807) is 0 Å². The van der Waals surface area contributed by atoms with Crippen molar-refractivity contribution in [2.24, 2.45) is 5.92 Å². The molecule has 0 aromatic rings. The van der Waals surface area contributed by atoms with Crippen molar-refractivity contribution < 1.29 is 9.84 Å². The highest BCUT2D eigenvalue weighted by Gasteiger charge is 2.27. The van der Waals surface area contributed by atoms with Gasteiger partial charge >= 0.3 is 0 Å². The topological polar surface area (TPSA) is 32.7 Å². The minimum atomic E-state index is 0.296. The second-order valence-corrected chi connectivity index (χ2v) is 4.53. The Labute approximate surface area is 86.0 Å². The molecule has 1 N–H and O–H groups in total. The van der Waals surface area contributed by atoms with Crippen molar-refractivity contribution in [2.75, 3.05) is 32.9 Å². The molecule has 1 aliphatic heterocycles. The second-order valence-electron chi connectivity index (χ2n) is 4.53. The van der Waals surface area contributed by atoms with Crippen LogP contribution in [-0.4, -0.2) is 49.0 Å². The molecule has 1 saturated carbocycles. The maximum Gasteiger partial charge on any atom is 0.0558 e. The van der Waals surface area contributed by atoms with Crippen LogP contribution >= 0.6 is 0 Å². The lowest BCUT2D eigenvalue weighted by molar-refractivity contribution is 0.0804. The molecule has 3 nitrogen and oxygen atoms in total. The third-order valence-electron chi connectivity index (χ3n) is 3.50. The van der Waals surface area contributed by atoms with Crippen LogP contribution in [0.2, 0.25) is 0 Å². The molecule has 2 aliphatic rings.